The van der Waals surface area contributed by atoms with E-state index >= 15 is 0 Å². The molecule has 0 bridgehead atoms. The van der Waals surface area contributed by atoms with Gasteiger partial charge in [0.25, 0.3) is 0 Å². The van der Waals surface area contributed by atoms with Crippen LogP contribution in [-0.2, 0) is 11.6 Å². The molecule has 7 heteroatoms. The zero-order chi connectivity index (χ0) is 18.1. The highest BCUT2D eigenvalue weighted by atomic mass is 32.1. The molecule has 0 aliphatic heterocycles. The normalized spacial score (nSPS) is 7.65. The molecule has 2 aromatic carbocycles. The van der Waals surface area contributed by atoms with Crippen molar-refractivity contribution in [2.24, 2.45) is 0 Å². The Labute approximate surface area is 137 Å². The molecule has 0 fully saturated rings. The molecule has 0 unspecified atom stereocenters. The van der Waals surface area contributed by atoms with E-state index in [9.17, 15) is 9.59 Å². The molecule has 0 aliphatic rings. The van der Waals surface area contributed by atoms with Crippen molar-refractivity contribution >= 4 is 23.5 Å². The summed E-state index contributed by atoms with van der Waals surface area (Å²) in [5, 5.41) is 16.8. The van der Waals surface area contributed by atoms with Crippen LogP contribution in [0.25, 0.3) is 0 Å². The summed E-state index contributed by atoms with van der Waals surface area (Å²) in [5.74, 6) is -1.76. The highest BCUT2D eigenvalue weighted by molar-refractivity contribution is 7.51. The number of rotatable bonds is 2. The molecule has 122 valence electrons. The molecule has 2 aromatic rings. The maximum atomic E-state index is 10.2. The summed E-state index contributed by atoms with van der Waals surface area (Å²) >= 11 is -0.750. The fraction of sp³-hybridized carbons (Fsp3) is 0. The Hall–Kier alpha value is -3.06. The van der Waals surface area contributed by atoms with Crippen LogP contribution in [-0.4, -0.2) is 30.6 Å². The van der Waals surface area contributed by atoms with Crippen LogP contribution in [0.1, 0.15) is 20.7 Å². The molecule has 2 N–H and O–H groups in total. The lowest BCUT2D eigenvalue weighted by Crippen LogP contribution is -1.93. The molecule has 0 saturated carbocycles. The smallest absolute Gasteiger partial charge is 0.335 e. The number of carbonyl (C=O) groups is 2. The summed E-state index contributed by atoms with van der Waals surface area (Å²) in [6.07, 6.45) is 0. The molecule has 0 radical (unpaired) electrons. The first-order valence-corrected chi connectivity index (χ1v) is 6.68. The maximum Gasteiger partial charge on any atom is 0.335 e. The molecule has 0 amide bonds. The van der Waals surface area contributed by atoms with Crippen molar-refractivity contribution in [3.05, 3.63) is 84.9 Å². The monoisotopic (exact) mass is 336 g/mol. The van der Waals surface area contributed by atoms with Gasteiger partial charge >= 0.3 is 23.5 Å². The van der Waals surface area contributed by atoms with E-state index in [4.69, 9.17) is 18.6 Å². The topological polar surface area (TPSA) is 109 Å². The SMILES string of the molecule is C=C.O=C(O)c1ccccc1.O=C(O)c1ccccc1.O=S=O. The third kappa shape index (κ3) is 12.4. The van der Waals surface area contributed by atoms with Crippen LogP contribution in [0.5, 0.6) is 0 Å². The number of carboxylic acid groups (broad SMARTS) is 2. The van der Waals surface area contributed by atoms with E-state index in [-0.39, 0.29) is 0 Å². The first-order valence-electron chi connectivity index (χ1n) is 6.01. The first-order chi connectivity index (χ1) is 11.0. The highest BCUT2D eigenvalue weighted by Gasteiger charge is 1.97. The van der Waals surface area contributed by atoms with Crippen molar-refractivity contribution in [1.29, 1.82) is 0 Å². The Morgan fingerprint density at radius 2 is 0.913 bits per heavy atom. The summed E-state index contributed by atoms with van der Waals surface area (Å²) in [6, 6.07) is 16.6. The van der Waals surface area contributed by atoms with E-state index in [2.05, 4.69) is 13.2 Å². The standard InChI is InChI=1S/2C7H6O2.C2H4.O2S/c2*8-7(9)6-4-2-1-3-5-6;1-2;1-3-2/h2*1-5H,(H,8,9);1-2H2;. The van der Waals surface area contributed by atoms with Crippen LogP contribution in [0.3, 0.4) is 0 Å². The predicted octanol–water partition coefficient (Wildman–Crippen LogP) is 2.90. The lowest BCUT2D eigenvalue weighted by Gasteiger charge is -1.88. The molecule has 23 heavy (non-hydrogen) atoms. The van der Waals surface area contributed by atoms with Crippen molar-refractivity contribution in [2.75, 3.05) is 0 Å². The quantitative estimate of drug-likeness (QED) is 0.816. The van der Waals surface area contributed by atoms with Crippen LogP contribution in [0.15, 0.2) is 73.8 Å². The van der Waals surface area contributed by atoms with Gasteiger partial charge in [-0.3, -0.25) is 0 Å². The van der Waals surface area contributed by atoms with Gasteiger partial charge in [0.1, 0.15) is 0 Å². The van der Waals surface area contributed by atoms with Gasteiger partial charge < -0.3 is 10.2 Å². The summed E-state index contributed by atoms with van der Waals surface area (Å²) < 4.78 is 16.6. The summed E-state index contributed by atoms with van der Waals surface area (Å²) in [5.41, 5.74) is 0.662. The molecule has 0 atom stereocenters. The lowest BCUT2D eigenvalue weighted by molar-refractivity contribution is 0.0686. The minimum absolute atomic E-state index is 0.331. The largest absolute Gasteiger partial charge is 0.478 e. The lowest BCUT2D eigenvalue weighted by atomic mass is 10.2. The molecule has 2 rings (SSSR count). The van der Waals surface area contributed by atoms with Gasteiger partial charge in [-0.2, -0.15) is 8.42 Å². The second-order valence-electron chi connectivity index (χ2n) is 3.41. The molecule has 0 spiro atoms. The van der Waals surface area contributed by atoms with Gasteiger partial charge in [0.2, 0.25) is 0 Å². The van der Waals surface area contributed by atoms with Gasteiger partial charge in [0.05, 0.1) is 11.1 Å². The molecule has 0 aliphatic carbocycles. The summed E-state index contributed by atoms with van der Waals surface area (Å²) in [7, 11) is 0. The van der Waals surface area contributed by atoms with Crippen LogP contribution in [0, 0.1) is 0 Å². The first kappa shape index (κ1) is 22.2. The second kappa shape index (κ2) is 15.3. The third-order valence-electron chi connectivity index (χ3n) is 2.04. The van der Waals surface area contributed by atoms with Gasteiger partial charge in [-0.05, 0) is 24.3 Å². The average Bonchev–Trinajstić information content (AvgIpc) is 2.59. The Kier molecular flexibility index (Phi) is 14.8. The number of hydrogen-bond acceptors (Lipinski definition) is 4. The van der Waals surface area contributed by atoms with Gasteiger partial charge in [-0.15, -0.1) is 13.2 Å². The number of hydrogen-bond donors (Lipinski definition) is 2. The van der Waals surface area contributed by atoms with Crippen LogP contribution < -0.4 is 0 Å². The molecule has 6 nitrogen and oxygen atoms in total. The number of benzene rings is 2. The van der Waals surface area contributed by atoms with E-state index in [0.29, 0.717) is 11.1 Å². The van der Waals surface area contributed by atoms with Crippen LogP contribution in [0.4, 0.5) is 0 Å². The molecule has 0 heterocycles. The Balaban J connectivity index is 0. The van der Waals surface area contributed by atoms with Crippen molar-refractivity contribution in [3.63, 3.8) is 0 Å². The summed E-state index contributed by atoms with van der Waals surface area (Å²) in [4.78, 5) is 20.4. The summed E-state index contributed by atoms with van der Waals surface area (Å²) in [6.45, 7) is 6.00. The van der Waals surface area contributed by atoms with Gasteiger partial charge in [-0.1, -0.05) is 36.4 Å². The van der Waals surface area contributed by atoms with E-state index in [1.807, 2.05) is 0 Å². The van der Waals surface area contributed by atoms with E-state index in [1.165, 1.54) is 0 Å². The number of carboxylic acids is 2. The van der Waals surface area contributed by atoms with Gasteiger partial charge in [0.15, 0.2) is 0 Å². The van der Waals surface area contributed by atoms with Crippen molar-refractivity contribution in [2.45, 2.75) is 0 Å². The molecular weight excluding hydrogens is 320 g/mol. The zero-order valence-electron chi connectivity index (χ0n) is 12.1. The van der Waals surface area contributed by atoms with Crippen molar-refractivity contribution in [3.8, 4) is 0 Å². The minimum atomic E-state index is -0.879. The van der Waals surface area contributed by atoms with Crippen molar-refractivity contribution < 1.29 is 28.2 Å². The van der Waals surface area contributed by atoms with Crippen LogP contribution in [0.2, 0.25) is 0 Å². The van der Waals surface area contributed by atoms with Crippen LogP contribution >= 0.6 is 0 Å². The molecule has 0 aromatic heterocycles. The average molecular weight is 336 g/mol. The van der Waals surface area contributed by atoms with Gasteiger partial charge in [0, 0.05) is 0 Å². The second-order valence-corrected chi connectivity index (χ2v) is 3.55. The predicted molar refractivity (Wildman–Crippen MR) is 87.0 cm³/mol. The minimum Gasteiger partial charge on any atom is -0.478 e. The Morgan fingerprint density at radius 1 is 0.696 bits per heavy atom. The Bertz CT molecular complexity index is 557. The van der Waals surface area contributed by atoms with E-state index < -0.39 is 23.5 Å². The number of aromatic carboxylic acids is 2. The maximum absolute atomic E-state index is 10.2. The molecular formula is C16H16O6S. The molecule has 0 saturated heterocycles. The van der Waals surface area contributed by atoms with Crippen molar-refractivity contribution in [1.82, 2.24) is 0 Å². The van der Waals surface area contributed by atoms with Gasteiger partial charge in [-0.25, -0.2) is 9.59 Å². The zero-order valence-corrected chi connectivity index (χ0v) is 12.9. The fourth-order valence-electron chi connectivity index (χ4n) is 1.16. The van der Waals surface area contributed by atoms with E-state index in [0.717, 1.165) is 0 Å². The Morgan fingerprint density at radius 3 is 1.04 bits per heavy atom. The highest BCUT2D eigenvalue weighted by Crippen LogP contribution is 1.96. The fourth-order valence-corrected chi connectivity index (χ4v) is 1.16. The van der Waals surface area contributed by atoms with E-state index in [1.54, 1.807) is 60.7 Å². The third-order valence-corrected chi connectivity index (χ3v) is 2.04.